The van der Waals surface area contributed by atoms with Crippen LogP contribution in [0.3, 0.4) is 0 Å². The second-order valence-corrected chi connectivity index (χ2v) is 6.57. The van der Waals surface area contributed by atoms with E-state index in [1.807, 2.05) is 29.1 Å². The Kier molecular flexibility index (Phi) is 3.38. The highest BCUT2D eigenvalue weighted by molar-refractivity contribution is 5.31. The van der Waals surface area contributed by atoms with Crippen molar-refractivity contribution in [1.82, 2.24) is 15.1 Å². The van der Waals surface area contributed by atoms with Crippen LogP contribution in [-0.4, -0.2) is 16.3 Å². The molecule has 1 aromatic heterocycles. The molecule has 3 heteroatoms. The average molecular weight is 269 g/mol. The lowest BCUT2D eigenvalue weighted by molar-refractivity contribution is 0.485. The summed E-state index contributed by atoms with van der Waals surface area (Å²) in [7, 11) is 0. The summed E-state index contributed by atoms with van der Waals surface area (Å²) in [5.74, 6) is 0.828. The van der Waals surface area contributed by atoms with Crippen LogP contribution in [0.2, 0.25) is 0 Å². The third kappa shape index (κ3) is 2.78. The molecule has 1 aromatic carbocycles. The zero-order valence-corrected chi connectivity index (χ0v) is 12.5. The normalized spacial score (nSPS) is 21.6. The number of benzene rings is 1. The first-order valence-corrected chi connectivity index (χ1v) is 7.40. The van der Waals surface area contributed by atoms with Crippen LogP contribution in [0.4, 0.5) is 0 Å². The number of nitrogens with zero attached hydrogens (tertiary/aromatic N) is 2. The predicted molar refractivity (Wildman–Crippen MR) is 81.9 cm³/mol. The van der Waals surface area contributed by atoms with E-state index in [9.17, 15) is 0 Å². The van der Waals surface area contributed by atoms with Crippen LogP contribution in [0.1, 0.15) is 38.8 Å². The standard InChI is InChI=1S/C17H23N3/c1-13(18-11-15-9-17(15,2)3)14-10-19-20(12-14)16-7-5-4-6-8-16/h4-8,10,12-13,15,18H,9,11H2,1-3H3. The molecule has 1 aliphatic rings. The van der Waals surface area contributed by atoms with Gasteiger partial charge in [0, 0.05) is 17.8 Å². The summed E-state index contributed by atoms with van der Waals surface area (Å²) < 4.78 is 1.94. The number of nitrogens with one attached hydrogen (secondary N) is 1. The van der Waals surface area contributed by atoms with Gasteiger partial charge in [-0.25, -0.2) is 4.68 Å². The Morgan fingerprint density at radius 1 is 1.35 bits per heavy atom. The Morgan fingerprint density at radius 2 is 2.05 bits per heavy atom. The largest absolute Gasteiger partial charge is 0.310 e. The van der Waals surface area contributed by atoms with Crippen LogP contribution in [-0.2, 0) is 0 Å². The maximum Gasteiger partial charge on any atom is 0.0645 e. The zero-order chi connectivity index (χ0) is 14.2. The summed E-state index contributed by atoms with van der Waals surface area (Å²) in [6.45, 7) is 8.00. The summed E-state index contributed by atoms with van der Waals surface area (Å²) in [5, 5.41) is 8.08. The average Bonchev–Trinajstić information content (AvgIpc) is 2.88. The molecule has 2 unspecified atom stereocenters. The first kappa shape index (κ1) is 13.4. The van der Waals surface area contributed by atoms with Gasteiger partial charge >= 0.3 is 0 Å². The van der Waals surface area contributed by atoms with Crippen LogP contribution in [0.5, 0.6) is 0 Å². The van der Waals surface area contributed by atoms with Crippen molar-refractivity contribution in [3.63, 3.8) is 0 Å². The molecule has 0 aliphatic heterocycles. The number of aromatic nitrogens is 2. The fourth-order valence-electron chi connectivity index (χ4n) is 2.64. The van der Waals surface area contributed by atoms with E-state index in [4.69, 9.17) is 0 Å². The highest BCUT2D eigenvalue weighted by Gasteiger charge is 2.44. The molecule has 0 spiro atoms. The van der Waals surface area contributed by atoms with Gasteiger partial charge < -0.3 is 5.32 Å². The van der Waals surface area contributed by atoms with Crippen molar-refractivity contribution in [3.8, 4) is 5.69 Å². The van der Waals surface area contributed by atoms with Gasteiger partial charge in [-0.1, -0.05) is 32.0 Å². The van der Waals surface area contributed by atoms with Crippen LogP contribution >= 0.6 is 0 Å². The van der Waals surface area contributed by atoms with Gasteiger partial charge in [-0.2, -0.15) is 5.10 Å². The molecular formula is C17H23N3. The molecule has 0 radical (unpaired) electrons. The minimum Gasteiger partial charge on any atom is -0.310 e. The molecule has 20 heavy (non-hydrogen) atoms. The molecule has 0 saturated heterocycles. The molecule has 1 fully saturated rings. The quantitative estimate of drug-likeness (QED) is 0.899. The second-order valence-electron chi connectivity index (χ2n) is 6.57. The van der Waals surface area contributed by atoms with Gasteiger partial charge in [-0.15, -0.1) is 0 Å². The summed E-state index contributed by atoms with van der Waals surface area (Å²) in [5.41, 5.74) is 2.89. The molecule has 3 rings (SSSR count). The molecule has 1 aliphatic carbocycles. The highest BCUT2D eigenvalue weighted by atomic mass is 15.3. The summed E-state index contributed by atoms with van der Waals surface area (Å²) in [4.78, 5) is 0. The van der Waals surface area contributed by atoms with Crippen molar-refractivity contribution >= 4 is 0 Å². The van der Waals surface area contributed by atoms with E-state index in [1.54, 1.807) is 0 Å². The minimum atomic E-state index is 0.351. The van der Waals surface area contributed by atoms with Gasteiger partial charge in [0.05, 0.1) is 11.9 Å². The summed E-state index contributed by atoms with van der Waals surface area (Å²) in [6.07, 6.45) is 5.42. The first-order chi connectivity index (χ1) is 9.56. The predicted octanol–water partition coefficient (Wildman–Crippen LogP) is 3.57. The Bertz CT molecular complexity index is 571. The lowest BCUT2D eigenvalue weighted by atomic mass is 10.1. The second kappa shape index (κ2) is 5.06. The van der Waals surface area contributed by atoms with Crippen molar-refractivity contribution in [2.24, 2.45) is 11.3 Å². The molecular weight excluding hydrogens is 246 g/mol. The molecule has 0 bridgehead atoms. The molecule has 2 aromatic rings. The fourth-order valence-corrected chi connectivity index (χ4v) is 2.64. The fraction of sp³-hybridized carbons (Fsp3) is 0.471. The van der Waals surface area contributed by atoms with Crippen LogP contribution in [0.15, 0.2) is 42.7 Å². The highest BCUT2D eigenvalue weighted by Crippen LogP contribution is 2.51. The first-order valence-electron chi connectivity index (χ1n) is 7.40. The van der Waals surface area contributed by atoms with E-state index < -0.39 is 0 Å². The summed E-state index contributed by atoms with van der Waals surface area (Å²) in [6, 6.07) is 10.6. The van der Waals surface area contributed by atoms with Gasteiger partial charge in [0.2, 0.25) is 0 Å². The van der Waals surface area contributed by atoms with Crippen LogP contribution in [0.25, 0.3) is 5.69 Å². The van der Waals surface area contributed by atoms with Crippen molar-refractivity contribution in [2.45, 2.75) is 33.2 Å². The van der Waals surface area contributed by atoms with Gasteiger partial charge in [0.25, 0.3) is 0 Å². The smallest absolute Gasteiger partial charge is 0.0645 e. The van der Waals surface area contributed by atoms with Gasteiger partial charge in [0.1, 0.15) is 0 Å². The molecule has 106 valence electrons. The van der Waals surface area contributed by atoms with Crippen LogP contribution < -0.4 is 5.32 Å². The number of para-hydroxylation sites is 1. The monoisotopic (exact) mass is 269 g/mol. The third-order valence-corrected chi connectivity index (χ3v) is 4.51. The van der Waals surface area contributed by atoms with E-state index in [2.05, 4.69) is 49.5 Å². The van der Waals surface area contributed by atoms with Crippen LogP contribution in [0, 0.1) is 11.3 Å². The maximum absolute atomic E-state index is 4.46. The van der Waals surface area contributed by atoms with Crippen molar-refractivity contribution in [3.05, 3.63) is 48.3 Å². The van der Waals surface area contributed by atoms with Crippen molar-refractivity contribution in [2.75, 3.05) is 6.54 Å². The molecule has 1 N–H and O–H groups in total. The Hall–Kier alpha value is -1.61. The lowest BCUT2D eigenvalue weighted by Gasteiger charge is -2.12. The molecule has 2 atom stereocenters. The zero-order valence-electron chi connectivity index (χ0n) is 12.5. The third-order valence-electron chi connectivity index (χ3n) is 4.51. The van der Waals surface area contributed by atoms with Gasteiger partial charge in [-0.3, -0.25) is 0 Å². The topological polar surface area (TPSA) is 29.9 Å². The van der Waals surface area contributed by atoms with E-state index >= 15 is 0 Å². The lowest BCUT2D eigenvalue weighted by Crippen LogP contribution is -2.22. The molecule has 3 nitrogen and oxygen atoms in total. The van der Waals surface area contributed by atoms with Crippen molar-refractivity contribution < 1.29 is 0 Å². The minimum absolute atomic E-state index is 0.351. The Morgan fingerprint density at radius 3 is 2.70 bits per heavy atom. The molecule has 0 amide bonds. The number of hydrogen-bond acceptors (Lipinski definition) is 2. The van der Waals surface area contributed by atoms with E-state index in [-0.39, 0.29) is 0 Å². The summed E-state index contributed by atoms with van der Waals surface area (Å²) >= 11 is 0. The maximum atomic E-state index is 4.46. The van der Waals surface area contributed by atoms with Crippen molar-refractivity contribution in [1.29, 1.82) is 0 Å². The number of rotatable bonds is 5. The SMILES string of the molecule is CC(NCC1CC1(C)C)c1cnn(-c2ccccc2)c1. The number of hydrogen-bond donors (Lipinski definition) is 1. The molecule has 1 heterocycles. The molecule has 1 saturated carbocycles. The van der Waals surface area contributed by atoms with E-state index in [0.29, 0.717) is 11.5 Å². The van der Waals surface area contributed by atoms with Gasteiger partial charge in [0.15, 0.2) is 0 Å². The van der Waals surface area contributed by atoms with E-state index in [0.717, 1.165) is 18.2 Å². The van der Waals surface area contributed by atoms with Gasteiger partial charge in [-0.05, 0) is 43.4 Å². The Labute approximate surface area is 121 Å². The Balaban J connectivity index is 1.62. The van der Waals surface area contributed by atoms with E-state index in [1.165, 1.54) is 12.0 Å².